The maximum absolute atomic E-state index is 12.3. The van der Waals surface area contributed by atoms with Crippen molar-refractivity contribution < 1.29 is 19.1 Å². The van der Waals surface area contributed by atoms with Crippen LogP contribution in [0.4, 0.5) is 5.69 Å². The Labute approximate surface area is 146 Å². The molecule has 0 radical (unpaired) electrons. The predicted molar refractivity (Wildman–Crippen MR) is 95.6 cm³/mol. The number of carbonyl (C=O) groups is 1. The summed E-state index contributed by atoms with van der Waals surface area (Å²) in [5, 5.41) is 3.88. The summed E-state index contributed by atoms with van der Waals surface area (Å²) in [7, 11) is 3.17. The lowest BCUT2D eigenvalue weighted by Crippen LogP contribution is -2.31. The number of nitrogens with zero attached hydrogens (tertiary/aromatic N) is 2. The molecule has 1 aliphatic rings. The largest absolute Gasteiger partial charge is 0.497 e. The minimum Gasteiger partial charge on any atom is -0.497 e. The van der Waals surface area contributed by atoms with Gasteiger partial charge in [0.05, 0.1) is 20.4 Å². The van der Waals surface area contributed by atoms with Crippen molar-refractivity contribution in [3.63, 3.8) is 0 Å². The molecule has 1 heterocycles. The summed E-state index contributed by atoms with van der Waals surface area (Å²) in [4.78, 5) is 19.2. The first-order valence-corrected chi connectivity index (χ1v) is 7.98. The van der Waals surface area contributed by atoms with Crippen molar-refractivity contribution >= 4 is 17.8 Å². The zero-order chi connectivity index (χ0) is 17.6. The Morgan fingerprint density at radius 3 is 2.84 bits per heavy atom. The van der Waals surface area contributed by atoms with Gasteiger partial charge in [-0.15, -0.1) is 0 Å². The Balaban J connectivity index is 1.60. The molecule has 0 aromatic heterocycles. The van der Waals surface area contributed by atoms with Gasteiger partial charge in [0.15, 0.2) is 6.61 Å². The maximum atomic E-state index is 12.3. The average Bonchev–Trinajstić information content (AvgIpc) is 3.09. The van der Waals surface area contributed by atoms with Crippen LogP contribution >= 0.6 is 0 Å². The molecule has 2 aromatic carbocycles. The molecule has 0 saturated carbocycles. The normalized spacial score (nSPS) is 13.0. The second kappa shape index (κ2) is 7.70. The number of anilines is 1. The van der Waals surface area contributed by atoms with E-state index in [1.54, 1.807) is 37.3 Å². The smallest absolute Gasteiger partial charge is 0.267 e. The molecule has 0 saturated heterocycles. The summed E-state index contributed by atoms with van der Waals surface area (Å²) >= 11 is 0. The van der Waals surface area contributed by atoms with Crippen molar-refractivity contribution in [1.29, 1.82) is 0 Å². The van der Waals surface area contributed by atoms with Gasteiger partial charge in [0.2, 0.25) is 0 Å². The van der Waals surface area contributed by atoms with Crippen LogP contribution in [0.1, 0.15) is 11.1 Å². The van der Waals surface area contributed by atoms with Crippen LogP contribution in [0, 0.1) is 0 Å². The van der Waals surface area contributed by atoms with Gasteiger partial charge < -0.3 is 19.2 Å². The van der Waals surface area contributed by atoms with Crippen LogP contribution in [0.3, 0.4) is 0 Å². The standard InChI is InChI=1S/C19H20N2O4/c1-23-16-7-8-18(24-2)15(11-16)12-20-25-13-19(22)21-10-9-14-5-3-4-6-17(14)21/h3-8,11-12H,9-10,13H2,1-2H3/b20-12+. The molecule has 0 aliphatic carbocycles. The Bertz CT molecular complexity index is 789. The van der Waals surface area contributed by atoms with Crippen LogP contribution in [0.5, 0.6) is 11.5 Å². The molecule has 0 bridgehead atoms. The van der Waals surface area contributed by atoms with E-state index in [0.717, 1.165) is 12.1 Å². The third-order valence-electron chi connectivity index (χ3n) is 4.08. The number of hydrogen-bond acceptors (Lipinski definition) is 5. The van der Waals surface area contributed by atoms with E-state index in [2.05, 4.69) is 5.16 Å². The van der Waals surface area contributed by atoms with Crippen LogP contribution in [-0.2, 0) is 16.1 Å². The van der Waals surface area contributed by atoms with E-state index in [1.165, 1.54) is 11.8 Å². The Hall–Kier alpha value is -3.02. The summed E-state index contributed by atoms with van der Waals surface area (Å²) in [5.41, 5.74) is 2.84. The highest BCUT2D eigenvalue weighted by atomic mass is 16.6. The number of methoxy groups -OCH3 is 2. The van der Waals surface area contributed by atoms with Crippen molar-refractivity contribution in [2.75, 3.05) is 32.3 Å². The molecule has 6 nitrogen and oxygen atoms in total. The second-order valence-electron chi connectivity index (χ2n) is 5.54. The first-order valence-electron chi connectivity index (χ1n) is 7.98. The van der Waals surface area contributed by atoms with Crippen molar-refractivity contribution in [3.8, 4) is 11.5 Å². The van der Waals surface area contributed by atoms with Gasteiger partial charge in [-0.05, 0) is 36.2 Å². The zero-order valence-corrected chi connectivity index (χ0v) is 14.3. The molecule has 1 amide bonds. The quantitative estimate of drug-likeness (QED) is 0.599. The summed E-state index contributed by atoms with van der Waals surface area (Å²) in [6.45, 7) is 0.562. The van der Waals surface area contributed by atoms with Crippen LogP contribution in [-0.4, -0.2) is 39.5 Å². The molecule has 25 heavy (non-hydrogen) atoms. The summed E-state index contributed by atoms with van der Waals surface area (Å²) in [5.74, 6) is 1.22. The SMILES string of the molecule is COc1ccc(OC)c(/C=N/OCC(=O)N2CCc3ccccc32)c1. The number of oxime groups is 1. The fraction of sp³-hybridized carbons (Fsp3) is 0.263. The number of para-hydroxylation sites is 1. The molecule has 0 N–H and O–H groups in total. The highest BCUT2D eigenvalue weighted by Gasteiger charge is 2.24. The van der Waals surface area contributed by atoms with Gasteiger partial charge in [0.1, 0.15) is 11.5 Å². The maximum Gasteiger partial charge on any atom is 0.267 e. The lowest BCUT2D eigenvalue weighted by atomic mass is 10.2. The lowest BCUT2D eigenvalue weighted by molar-refractivity contribution is -0.122. The fourth-order valence-corrected chi connectivity index (χ4v) is 2.80. The molecule has 1 aliphatic heterocycles. The van der Waals surface area contributed by atoms with Crippen molar-refractivity contribution in [3.05, 3.63) is 53.6 Å². The fourth-order valence-electron chi connectivity index (χ4n) is 2.80. The monoisotopic (exact) mass is 340 g/mol. The number of ether oxygens (including phenoxy) is 2. The molecular weight excluding hydrogens is 320 g/mol. The van der Waals surface area contributed by atoms with E-state index in [0.29, 0.717) is 23.6 Å². The van der Waals surface area contributed by atoms with E-state index in [1.807, 2.05) is 24.3 Å². The van der Waals surface area contributed by atoms with Gasteiger partial charge in [-0.3, -0.25) is 4.79 Å². The number of carbonyl (C=O) groups excluding carboxylic acids is 1. The van der Waals surface area contributed by atoms with Crippen LogP contribution < -0.4 is 14.4 Å². The summed E-state index contributed by atoms with van der Waals surface area (Å²) in [6.07, 6.45) is 2.37. The minimum absolute atomic E-state index is 0.111. The molecule has 0 fully saturated rings. The average molecular weight is 340 g/mol. The van der Waals surface area contributed by atoms with E-state index < -0.39 is 0 Å². The van der Waals surface area contributed by atoms with Crippen LogP contribution in [0.2, 0.25) is 0 Å². The molecule has 0 spiro atoms. The molecular formula is C19H20N2O4. The number of rotatable bonds is 6. The first kappa shape index (κ1) is 16.8. The van der Waals surface area contributed by atoms with Crippen LogP contribution in [0.15, 0.2) is 47.6 Å². The molecule has 2 aromatic rings. The third kappa shape index (κ3) is 3.74. The van der Waals surface area contributed by atoms with E-state index in [4.69, 9.17) is 14.3 Å². The molecule has 0 unspecified atom stereocenters. The lowest BCUT2D eigenvalue weighted by Gasteiger charge is -2.16. The van der Waals surface area contributed by atoms with E-state index in [-0.39, 0.29) is 12.5 Å². The number of amides is 1. The molecule has 6 heteroatoms. The van der Waals surface area contributed by atoms with Gasteiger partial charge >= 0.3 is 0 Å². The van der Waals surface area contributed by atoms with Crippen molar-refractivity contribution in [2.24, 2.45) is 5.16 Å². The topological polar surface area (TPSA) is 60.4 Å². The van der Waals surface area contributed by atoms with Gasteiger partial charge in [-0.25, -0.2) is 0 Å². The van der Waals surface area contributed by atoms with Gasteiger partial charge in [-0.1, -0.05) is 23.4 Å². The number of fused-ring (bicyclic) bond motifs is 1. The molecule has 0 atom stereocenters. The van der Waals surface area contributed by atoms with E-state index >= 15 is 0 Å². The van der Waals surface area contributed by atoms with Crippen molar-refractivity contribution in [1.82, 2.24) is 0 Å². The van der Waals surface area contributed by atoms with Gasteiger partial charge in [-0.2, -0.15) is 0 Å². The summed E-state index contributed by atoms with van der Waals surface area (Å²) in [6, 6.07) is 13.3. The third-order valence-corrected chi connectivity index (χ3v) is 4.08. The Kier molecular flexibility index (Phi) is 5.18. The highest BCUT2D eigenvalue weighted by molar-refractivity contribution is 5.96. The van der Waals surface area contributed by atoms with Gasteiger partial charge in [0, 0.05) is 17.8 Å². The molecule has 3 rings (SSSR count). The van der Waals surface area contributed by atoms with E-state index in [9.17, 15) is 4.79 Å². The minimum atomic E-state index is -0.114. The van der Waals surface area contributed by atoms with Gasteiger partial charge in [0.25, 0.3) is 5.91 Å². The number of hydrogen-bond donors (Lipinski definition) is 0. The Morgan fingerprint density at radius 2 is 2.04 bits per heavy atom. The number of benzene rings is 2. The summed E-state index contributed by atoms with van der Waals surface area (Å²) < 4.78 is 10.4. The van der Waals surface area contributed by atoms with Crippen LogP contribution in [0.25, 0.3) is 0 Å². The Morgan fingerprint density at radius 1 is 1.20 bits per heavy atom. The highest BCUT2D eigenvalue weighted by Crippen LogP contribution is 2.27. The predicted octanol–water partition coefficient (Wildman–Crippen LogP) is 2.64. The second-order valence-corrected chi connectivity index (χ2v) is 5.54. The van der Waals surface area contributed by atoms with Crippen molar-refractivity contribution in [2.45, 2.75) is 6.42 Å². The zero-order valence-electron chi connectivity index (χ0n) is 14.3. The molecule has 130 valence electrons. The first-order chi connectivity index (χ1) is 12.2.